The Morgan fingerprint density at radius 1 is 0.509 bits per heavy atom. The third-order valence-corrected chi connectivity index (χ3v) is 11.0. The number of ether oxygens (including phenoxy) is 1. The molecule has 0 aliphatic carbocycles. The maximum absolute atomic E-state index is 13.1. The number of hydrogen-bond acceptors (Lipinski definition) is 5. The van der Waals surface area contributed by atoms with Crippen molar-refractivity contribution in [3.8, 4) is 0 Å². The van der Waals surface area contributed by atoms with Crippen LogP contribution >= 0.6 is 0 Å². The number of carbonyl (C=O) groups excluding carboxylic acids is 2. The molecule has 0 radical (unpaired) electrons. The highest BCUT2D eigenvalue weighted by atomic mass is 16.5. The molecule has 1 amide bonds. The molecular formula is C49H93NO5. The first-order valence-corrected chi connectivity index (χ1v) is 24.1. The Morgan fingerprint density at radius 2 is 0.891 bits per heavy atom. The van der Waals surface area contributed by atoms with E-state index in [1.165, 1.54) is 141 Å². The van der Waals surface area contributed by atoms with E-state index in [0.717, 1.165) is 64.2 Å². The van der Waals surface area contributed by atoms with Gasteiger partial charge in [0.25, 0.3) is 0 Å². The Labute approximate surface area is 341 Å². The van der Waals surface area contributed by atoms with Crippen LogP contribution in [0.5, 0.6) is 0 Å². The molecule has 324 valence electrons. The summed E-state index contributed by atoms with van der Waals surface area (Å²) in [4.78, 5) is 26.0. The van der Waals surface area contributed by atoms with Gasteiger partial charge in [-0.25, -0.2) is 0 Å². The summed E-state index contributed by atoms with van der Waals surface area (Å²) in [5.74, 6) is -0.516. The van der Waals surface area contributed by atoms with Crippen LogP contribution in [0.4, 0.5) is 0 Å². The van der Waals surface area contributed by atoms with Crippen LogP contribution in [0.1, 0.15) is 252 Å². The second kappa shape index (κ2) is 43.5. The minimum Gasteiger partial charge on any atom is -0.462 e. The fourth-order valence-electron chi connectivity index (χ4n) is 7.31. The highest BCUT2D eigenvalue weighted by molar-refractivity contribution is 5.77. The largest absolute Gasteiger partial charge is 0.462 e. The first-order chi connectivity index (χ1) is 27.0. The average molecular weight is 776 g/mol. The first-order valence-electron chi connectivity index (χ1n) is 24.1. The van der Waals surface area contributed by atoms with Gasteiger partial charge in [0.05, 0.1) is 25.2 Å². The fourth-order valence-corrected chi connectivity index (χ4v) is 7.31. The van der Waals surface area contributed by atoms with Crippen molar-refractivity contribution >= 4 is 11.9 Å². The predicted octanol–water partition coefficient (Wildman–Crippen LogP) is 14.0. The van der Waals surface area contributed by atoms with Crippen LogP contribution in [-0.2, 0) is 14.3 Å². The summed E-state index contributed by atoms with van der Waals surface area (Å²) >= 11 is 0. The Balaban J connectivity index is 4.60. The molecule has 3 atom stereocenters. The number of aliphatic hydroxyl groups is 2. The van der Waals surface area contributed by atoms with Crippen molar-refractivity contribution in [3.05, 3.63) is 24.3 Å². The molecule has 0 aliphatic rings. The molecule has 0 spiro atoms. The molecule has 0 saturated carbocycles. The van der Waals surface area contributed by atoms with Gasteiger partial charge in [-0.05, 0) is 70.6 Å². The number of allylic oxidation sites excluding steroid dienone is 4. The Morgan fingerprint density at radius 3 is 1.33 bits per heavy atom. The van der Waals surface area contributed by atoms with Gasteiger partial charge < -0.3 is 20.3 Å². The Bertz CT molecular complexity index is 873. The van der Waals surface area contributed by atoms with Crippen LogP contribution in [0.25, 0.3) is 0 Å². The maximum atomic E-state index is 13.1. The summed E-state index contributed by atoms with van der Waals surface area (Å²) in [5.41, 5.74) is 0. The molecule has 0 fully saturated rings. The standard InChI is InChI=1S/C49H93NO5/c1-4-7-10-13-16-19-22-23-24-27-30-33-36-39-42-49(54)55-45(40-37-34-31-28-25-20-17-14-11-8-5-2)43-48(53)50-46(44-51)47(52)41-38-35-32-29-26-21-18-15-12-9-6-3/h24,27-28,31,45-47,51-52H,4-23,25-26,29-30,32-44H2,1-3H3,(H,50,53)/b27-24-,31-28-. The molecule has 0 aromatic rings. The van der Waals surface area contributed by atoms with Gasteiger partial charge in [-0.15, -0.1) is 0 Å². The lowest BCUT2D eigenvalue weighted by molar-refractivity contribution is -0.151. The third kappa shape index (κ3) is 39.0. The smallest absolute Gasteiger partial charge is 0.306 e. The molecule has 0 aromatic heterocycles. The second-order valence-electron chi connectivity index (χ2n) is 16.5. The van der Waals surface area contributed by atoms with Gasteiger partial charge in [-0.2, -0.15) is 0 Å². The zero-order valence-corrected chi connectivity index (χ0v) is 36.8. The van der Waals surface area contributed by atoms with Crippen LogP contribution in [-0.4, -0.2) is 46.9 Å². The summed E-state index contributed by atoms with van der Waals surface area (Å²) in [6.07, 6.45) is 48.1. The quantitative estimate of drug-likeness (QED) is 0.0326. The maximum Gasteiger partial charge on any atom is 0.306 e. The first kappa shape index (κ1) is 53.3. The molecule has 6 heteroatoms. The van der Waals surface area contributed by atoms with Gasteiger partial charge in [0.15, 0.2) is 0 Å². The Hall–Kier alpha value is -1.66. The van der Waals surface area contributed by atoms with Crippen molar-refractivity contribution in [2.45, 2.75) is 270 Å². The summed E-state index contributed by atoms with van der Waals surface area (Å²) in [7, 11) is 0. The molecule has 0 saturated heterocycles. The van der Waals surface area contributed by atoms with E-state index in [4.69, 9.17) is 4.74 Å². The summed E-state index contributed by atoms with van der Waals surface area (Å²) < 4.78 is 5.88. The fraction of sp³-hybridized carbons (Fsp3) is 0.878. The van der Waals surface area contributed by atoms with Gasteiger partial charge in [0, 0.05) is 6.42 Å². The predicted molar refractivity (Wildman–Crippen MR) is 236 cm³/mol. The van der Waals surface area contributed by atoms with E-state index in [1.807, 2.05) is 0 Å². The molecule has 0 rings (SSSR count). The minimum absolute atomic E-state index is 0.0540. The van der Waals surface area contributed by atoms with Crippen LogP contribution < -0.4 is 5.32 Å². The van der Waals surface area contributed by atoms with E-state index in [2.05, 4.69) is 50.4 Å². The molecular weight excluding hydrogens is 683 g/mol. The minimum atomic E-state index is -0.791. The van der Waals surface area contributed by atoms with Gasteiger partial charge in [-0.1, -0.05) is 193 Å². The number of amides is 1. The van der Waals surface area contributed by atoms with Crippen molar-refractivity contribution in [3.63, 3.8) is 0 Å². The highest BCUT2D eigenvalue weighted by Crippen LogP contribution is 2.17. The van der Waals surface area contributed by atoms with E-state index in [1.54, 1.807) is 0 Å². The SMILES string of the molecule is CCCCCCCC/C=C\CCCC(CC(=O)NC(CO)C(O)CCCCCCCCCCCCC)OC(=O)CCCCC/C=C\CCCCCCCCC. The number of unbranched alkanes of at least 4 members (excludes halogenated alkanes) is 27. The van der Waals surface area contributed by atoms with Crippen LogP contribution in [0.2, 0.25) is 0 Å². The number of carbonyl (C=O) groups is 2. The molecule has 0 heterocycles. The van der Waals surface area contributed by atoms with E-state index in [-0.39, 0.29) is 24.9 Å². The van der Waals surface area contributed by atoms with Gasteiger partial charge in [-0.3, -0.25) is 9.59 Å². The second-order valence-corrected chi connectivity index (χ2v) is 16.5. The third-order valence-electron chi connectivity index (χ3n) is 11.0. The summed E-state index contributed by atoms with van der Waals surface area (Å²) in [6.45, 7) is 6.45. The lowest BCUT2D eigenvalue weighted by atomic mass is 10.0. The van der Waals surface area contributed by atoms with Crippen molar-refractivity contribution in [1.82, 2.24) is 5.32 Å². The molecule has 3 unspecified atom stereocenters. The number of hydrogen-bond donors (Lipinski definition) is 3. The molecule has 0 aromatic carbocycles. The molecule has 3 N–H and O–H groups in total. The molecule has 6 nitrogen and oxygen atoms in total. The van der Waals surface area contributed by atoms with E-state index < -0.39 is 18.2 Å². The molecule has 55 heavy (non-hydrogen) atoms. The summed E-state index contributed by atoms with van der Waals surface area (Å²) in [5, 5.41) is 23.6. The van der Waals surface area contributed by atoms with Gasteiger partial charge in [0.2, 0.25) is 5.91 Å². The lowest BCUT2D eigenvalue weighted by Gasteiger charge is -2.24. The summed E-state index contributed by atoms with van der Waals surface area (Å²) in [6, 6.07) is -0.707. The van der Waals surface area contributed by atoms with Crippen molar-refractivity contribution in [2.75, 3.05) is 6.61 Å². The number of nitrogens with one attached hydrogen (secondary N) is 1. The zero-order chi connectivity index (χ0) is 40.3. The van der Waals surface area contributed by atoms with Crippen molar-refractivity contribution in [2.24, 2.45) is 0 Å². The lowest BCUT2D eigenvalue weighted by Crippen LogP contribution is -2.46. The van der Waals surface area contributed by atoms with E-state index in [9.17, 15) is 19.8 Å². The highest BCUT2D eigenvalue weighted by Gasteiger charge is 2.24. The molecule has 0 aliphatic heterocycles. The normalized spacial score (nSPS) is 13.5. The average Bonchev–Trinajstić information content (AvgIpc) is 3.18. The number of rotatable bonds is 43. The van der Waals surface area contributed by atoms with E-state index >= 15 is 0 Å². The number of aliphatic hydroxyl groups excluding tert-OH is 2. The number of esters is 1. The van der Waals surface area contributed by atoms with Crippen LogP contribution in [0, 0.1) is 0 Å². The van der Waals surface area contributed by atoms with Gasteiger partial charge >= 0.3 is 5.97 Å². The Kier molecular flexibility index (Phi) is 42.2. The van der Waals surface area contributed by atoms with Crippen LogP contribution in [0.3, 0.4) is 0 Å². The monoisotopic (exact) mass is 776 g/mol. The van der Waals surface area contributed by atoms with E-state index in [0.29, 0.717) is 19.3 Å². The van der Waals surface area contributed by atoms with Gasteiger partial charge in [0.1, 0.15) is 6.10 Å². The van der Waals surface area contributed by atoms with Crippen LogP contribution in [0.15, 0.2) is 24.3 Å². The van der Waals surface area contributed by atoms with Crippen molar-refractivity contribution in [1.29, 1.82) is 0 Å². The topological polar surface area (TPSA) is 95.9 Å². The molecule has 0 bridgehead atoms. The zero-order valence-electron chi connectivity index (χ0n) is 36.8. The van der Waals surface area contributed by atoms with Crippen molar-refractivity contribution < 1.29 is 24.5 Å².